The van der Waals surface area contributed by atoms with Gasteiger partial charge in [-0.15, -0.1) is 0 Å². The molecule has 1 aromatic heterocycles. The highest BCUT2D eigenvalue weighted by Gasteiger charge is 2.28. The molecule has 0 unspecified atom stereocenters. The maximum Gasteiger partial charge on any atom is 0.240 e. The molecule has 1 aromatic carbocycles. The first-order valence-electron chi connectivity index (χ1n) is 7.20. The topological polar surface area (TPSA) is 68.2 Å². The van der Waals surface area contributed by atoms with Gasteiger partial charge >= 0.3 is 0 Å². The van der Waals surface area contributed by atoms with Gasteiger partial charge in [0.25, 0.3) is 0 Å². The second-order valence-electron chi connectivity index (χ2n) is 5.30. The molecule has 1 aliphatic heterocycles. The number of carbonyl (C=O) groups is 1. The smallest absolute Gasteiger partial charge is 0.240 e. The van der Waals surface area contributed by atoms with Crippen molar-refractivity contribution in [1.82, 2.24) is 20.2 Å². The average Bonchev–Trinajstić information content (AvgIpc) is 2.82. The highest BCUT2D eigenvalue weighted by molar-refractivity contribution is 5.82. The third kappa shape index (κ3) is 2.77. The molecule has 0 spiro atoms. The second kappa shape index (κ2) is 5.83. The minimum atomic E-state index is -0.298. The summed E-state index contributed by atoms with van der Waals surface area (Å²) in [6.07, 6.45) is -0.112. The van der Waals surface area contributed by atoms with E-state index in [0.717, 1.165) is 16.9 Å². The number of amides is 1. The number of imidazole rings is 1. The molecule has 2 heterocycles. The number of para-hydroxylation sites is 2. The Bertz CT molecular complexity index is 652. The summed E-state index contributed by atoms with van der Waals surface area (Å²) in [7, 11) is 1.96. The number of ether oxygens (including phenoxy) is 1. The van der Waals surface area contributed by atoms with Crippen molar-refractivity contribution in [3.63, 3.8) is 0 Å². The van der Waals surface area contributed by atoms with E-state index < -0.39 is 0 Å². The highest BCUT2D eigenvalue weighted by atomic mass is 16.5. The Kier molecular flexibility index (Phi) is 3.90. The van der Waals surface area contributed by atoms with E-state index in [2.05, 4.69) is 15.6 Å². The fraction of sp³-hybridized carbons (Fsp3) is 0.467. The Balaban J connectivity index is 1.68. The molecule has 112 valence electrons. The lowest BCUT2D eigenvalue weighted by Crippen LogP contribution is -2.55. The van der Waals surface area contributed by atoms with Crippen LogP contribution in [0.4, 0.5) is 0 Å². The lowest BCUT2D eigenvalue weighted by Gasteiger charge is -2.29. The number of aryl methyl sites for hydroxylation is 1. The van der Waals surface area contributed by atoms with Crippen LogP contribution < -0.4 is 10.6 Å². The van der Waals surface area contributed by atoms with Crippen LogP contribution in [0.5, 0.6) is 0 Å². The first-order chi connectivity index (χ1) is 10.2. The number of carbonyl (C=O) groups excluding carboxylic acids is 1. The number of benzene rings is 1. The number of morpholine rings is 1. The van der Waals surface area contributed by atoms with Crippen molar-refractivity contribution in [3.8, 4) is 0 Å². The molecule has 3 rings (SSSR count). The number of nitrogens with one attached hydrogen (secondary N) is 2. The molecule has 1 aliphatic rings. The summed E-state index contributed by atoms with van der Waals surface area (Å²) in [6, 6.07) is 7.64. The van der Waals surface area contributed by atoms with Gasteiger partial charge in [-0.05, 0) is 19.1 Å². The molecule has 1 saturated heterocycles. The van der Waals surface area contributed by atoms with E-state index in [4.69, 9.17) is 4.74 Å². The Labute approximate surface area is 123 Å². The quantitative estimate of drug-likeness (QED) is 0.866. The van der Waals surface area contributed by atoms with Crippen LogP contribution in [0.1, 0.15) is 12.7 Å². The number of rotatable bonds is 3. The number of nitrogens with zero attached hydrogens (tertiary/aromatic N) is 2. The molecule has 0 aliphatic carbocycles. The van der Waals surface area contributed by atoms with Crippen LogP contribution in [-0.2, 0) is 23.1 Å². The summed E-state index contributed by atoms with van der Waals surface area (Å²) in [5.74, 6) is 0.795. The maximum atomic E-state index is 12.2. The van der Waals surface area contributed by atoms with Gasteiger partial charge in [0, 0.05) is 13.6 Å². The Morgan fingerprint density at radius 2 is 2.33 bits per heavy atom. The van der Waals surface area contributed by atoms with Gasteiger partial charge in [-0.3, -0.25) is 4.79 Å². The Morgan fingerprint density at radius 1 is 1.52 bits per heavy atom. The van der Waals surface area contributed by atoms with Crippen molar-refractivity contribution < 1.29 is 9.53 Å². The number of aromatic nitrogens is 2. The molecule has 2 aromatic rings. The number of hydrogen-bond acceptors (Lipinski definition) is 4. The molecule has 0 bridgehead atoms. The largest absolute Gasteiger partial charge is 0.375 e. The third-order valence-corrected chi connectivity index (χ3v) is 3.90. The molecule has 1 fully saturated rings. The lowest BCUT2D eigenvalue weighted by atomic mass is 10.1. The van der Waals surface area contributed by atoms with Crippen LogP contribution in [0, 0.1) is 0 Å². The van der Waals surface area contributed by atoms with Crippen LogP contribution in [0.2, 0.25) is 0 Å². The zero-order valence-electron chi connectivity index (χ0n) is 12.3. The molecule has 21 heavy (non-hydrogen) atoms. The van der Waals surface area contributed by atoms with Gasteiger partial charge in [0.15, 0.2) is 0 Å². The van der Waals surface area contributed by atoms with E-state index in [9.17, 15) is 4.79 Å². The first-order valence-corrected chi connectivity index (χ1v) is 7.20. The molecule has 6 heteroatoms. The Morgan fingerprint density at radius 3 is 3.10 bits per heavy atom. The molecule has 2 atom stereocenters. The fourth-order valence-electron chi connectivity index (χ4n) is 2.66. The molecule has 2 N–H and O–H groups in total. The summed E-state index contributed by atoms with van der Waals surface area (Å²) in [6.45, 7) is 3.67. The molecule has 1 amide bonds. The minimum Gasteiger partial charge on any atom is -0.375 e. The standard InChI is InChI=1S/C15H20N4O2/c1-10-14(16-7-8-21-10)15(20)17-9-13-18-11-5-3-4-6-12(11)19(13)2/h3-6,10,14,16H,7-9H2,1-2H3,(H,17,20)/t10-,14+/m1/s1. The second-order valence-corrected chi connectivity index (χ2v) is 5.30. The first kappa shape index (κ1) is 14.0. The van der Waals surface area contributed by atoms with Gasteiger partial charge < -0.3 is 19.9 Å². The zero-order valence-corrected chi connectivity index (χ0v) is 12.3. The van der Waals surface area contributed by atoms with Gasteiger partial charge in [-0.25, -0.2) is 4.98 Å². The van der Waals surface area contributed by atoms with Crippen molar-refractivity contribution in [2.45, 2.75) is 25.6 Å². The van der Waals surface area contributed by atoms with Crippen LogP contribution in [0.15, 0.2) is 24.3 Å². The van der Waals surface area contributed by atoms with Gasteiger partial charge in [0.2, 0.25) is 5.91 Å². The zero-order chi connectivity index (χ0) is 14.8. The monoisotopic (exact) mass is 288 g/mol. The van der Waals surface area contributed by atoms with Gasteiger partial charge in [0.05, 0.1) is 30.3 Å². The van der Waals surface area contributed by atoms with E-state index in [-0.39, 0.29) is 18.1 Å². The Hall–Kier alpha value is -1.92. The predicted molar refractivity (Wildman–Crippen MR) is 79.8 cm³/mol. The van der Waals surface area contributed by atoms with Crippen LogP contribution >= 0.6 is 0 Å². The van der Waals surface area contributed by atoms with Crippen LogP contribution in [0.25, 0.3) is 11.0 Å². The van der Waals surface area contributed by atoms with E-state index in [1.807, 2.05) is 42.8 Å². The van der Waals surface area contributed by atoms with Crippen molar-refractivity contribution in [2.24, 2.45) is 7.05 Å². The molecular weight excluding hydrogens is 268 g/mol. The van der Waals surface area contributed by atoms with Gasteiger partial charge in [-0.1, -0.05) is 12.1 Å². The summed E-state index contributed by atoms with van der Waals surface area (Å²) in [5.41, 5.74) is 2.01. The van der Waals surface area contributed by atoms with Gasteiger partial charge in [-0.2, -0.15) is 0 Å². The van der Waals surface area contributed by atoms with E-state index in [1.165, 1.54) is 0 Å². The van der Waals surface area contributed by atoms with Crippen molar-refractivity contribution in [3.05, 3.63) is 30.1 Å². The lowest BCUT2D eigenvalue weighted by molar-refractivity contribution is -0.129. The summed E-state index contributed by atoms with van der Waals surface area (Å²) in [5, 5.41) is 6.12. The van der Waals surface area contributed by atoms with Gasteiger partial charge in [0.1, 0.15) is 11.9 Å². The predicted octanol–water partition coefficient (Wildman–Crippen LogP) is 0.566. The minimum absolute atomic E-state index is 0.0470. The summed E-state index contributed by atoms with van der Waals surface area (Å²) in [4.78, 5) is 16.8. The fourth-order valence-corrected chi connectivity index (χ4v) is 2.66. The van der Waals surface area contributed by atoms with Crippen molar-refractivity contribution in [2.75, 3.05) is 13.2 Å². The van der Waals surface area contributed by atoms with Crippen LogP contribution in [-0.4, -0.2) is 40.8 Å². The van der Waals surface area contributed by atoms with Crippen LogP contribution in [0.3, 0.4) is 0 Å². The van der Waals surface area contributed by atoms with E-state index in [1.54, 1.807) is 0 Å². The van der Waals surface area contributed by atoms with E-state index in [0.29, 0.717) is 19.7 Å². The molecule has 0 radical (unpaired) electrons. The average molecular weight is 288 g/mol. The number of hydrogen-bond donors (Lipinski definition) is 2. The third-order valence-electron chi connectivity index (χ3n) is 3.90. The summed E-state index contributed by atoms with van der Waals surface area (Å²) < 4.78 is 7.49. The highest BCUT2D eigenvalue weighted by Crippen LogP contribution is 2.14. The van der Waals surface area contributed by atoms with E-state index >= 15 is 0 Å². The molecule has 6 nitrogen and oxygen atoms in total. The molecule has 0 saturated carbocycles. The number of fused-ring (bicyclic) bond motifs is 1. The van der Waals surface area contributed by atoms with Crippen molar-refractivity contribution >= 4 is 16.9 Å². The molecular formula is C15H20N4O2. The van der Waals surface area contributed by atoms with Crippen molar-refractivity contribution in [1.29, 1.82) is 0 Å². The SMILES string of the molecule is C[C@H]1OCCN[C@@H]1C(=O)NCc1nc2ccccc2n1C. The summed E-state index contributed by atoms with van der Waals surface area (Å²) >= 11 is 0. The maximum absolute atomic E-state index is 12.2. The normalized spacial score (nSPS) is 22.4.